The van der Waals surface area contributed by atoms with Crippen molar-refractivity contribution in [2.75, 3.05) is 30.3 Å². The summed E-state index contributed by atoms with van der Waals surface area (Å²) >= 11 is 1.71. The zero-order valence-corrected chi connectivity index (χ0v) is 17.2. The van der Waals surface area contributed by atoms with Crippen LogP contribution in [0.4, 0.5) is 14.5 Å². The van der Waals surface area contributed by atoms with Crippen molar-refractivity contribution in [2.45, 2.75) is 22.6 Å². The number of carbonyl (C=O) groups is 1. The molecule has 2 aromatic carbocycles. The lowest BCUT2D eigenvalue weighted by molar-refractivity contribution is -0.123. The molecule has 2 aliphatic rings. The number of sulfonamides is 1. The third-order valence-electron chi connectivity index (χ3n) is 5.31. The molecule has 0 spiro atoms. The van der Waals surface area contributed by atoms with Crippen LogP contribution in [0.25, 0.3) is 0 Å². The molecule has 5 nitrogen and oxygen atoms in total. The number of amides is 1. The van der Waals surface area contributed by atoms with E-state index < -0.39 is 26.6 Å². The van der Waals surface area contributed by atoms with E-state index in [1.54, 1.807) is 16.7 Å². The summed E-state index contributed by atoms with van der Waals surface area (Å²) < 4.78 is 54.0. The fourth-order valence-corrected chi connectivity index (χ4v) is 6.32. The van der Waals surface area contributed by atoms with Crippen LogP contribution in [0, 0.1) is 17.6 Å². The predicted octanol–water partition coefficient (Wildman–Crippen LogP) is 3.50. The van der Waals surface area contributed by atoms with E-state index in [9.17, 15) is 22.0 Å². The Balaban J connectivity index is 1.47. The molecule has 0 N–H and O–H groups in total. The van der Waals surface area contributed by atoms with Gasteiger partial charge in [-0.25, -0.2) is 17.2 Å². The third kappa shape index (κ3) is 3.91. The van der Waals surface area contributed by atoms with Gasteiger partial charge in [0, 0.05) is 36.2 Å². The van der Waals surface area contributed by atoms with Gasteiger partial charge in [0.1, 0.15) is 16.5 Å². The first-order valence-electron chi connectivity index (χ1n) is 9.36. The van der Waals surface area contributed by atoms with Crippen molar-refractivity contribution in [3.8, 4) is 0 Å². The molecule has 29 heavy (non-hydrogen) atoms. The summed E-state index contributed by atoms with van der Waals surface area (Å²) in [6.07, 6.45) is 0.696. The molecule has 0 atom stereocenters. The minimum atomic E-state index is -4.15. The van der Waals surface area contributed by atoms with Crippen molar-refractivity contribution in [1.29, 1.82) is 0 Å². The van der Waals surface area contributed by atoms with Crippen LogP contribution >= 0.6 is 11.8 Å². The second-order valence-corrected chi connectivity index (χ2v) is 10.1. The highest BCUT2D eigenvalue weighted by atomic mass is 32.2. The summed E-state index contributed by atoms with van der Waals surface area (Å²) in [5, 5.41) is 0. The van der Waals surface area contributed by atoms with Crippen LogP contribution in [0.15, 0.2) is 52.3 Å². The van der Waals surface area contributed by atoms with E-state index in [1.807, 2.05) is 24.3 Å². The number of fused-ring (bicyclic) bond motifs is 1. The van der Waals surface area contributed by atoms with Gasteiger partial charge in [-0.2, -0.15) is 4.31 Å². The molecule has 0 aliphatic carbocycles. The Hall–Kier alpha value is -1.97. The highest BCUT2D eigenvalue weighted by Crippen LogP contribution is 2.36. The van der Waals surface area contributed by atoms with Crippen LogP contribution in [-0.2, 0) is 14.8 Å². The number of halogens is 2. The Morgan fingerprint density at radius 1 is 1.03 bits per heavy atom. The number of anilines is 1. The first-order chi connectivity index (χ1) is 13.9. The molecule has 4 rings (SSSR count). The van der Waals surface area contributed by atoms with Gasteiger partial charge in [0.05, 0.1) is 5.69 Å². The van der Waals surface area contributed by atoms with Crippen molar-refractivity contribution < 1.29 is 22.0 Å². The molecule has 0 unspecified atom stereocenters. The molecule has 0 radical (unpaired) electrons. The molecular weight excluding hydrogens is 418 g/mol. The topological polar surface area (TPSA) is 57.7 Å². The molecule has 0 saturated carbocycles. The van der Waals surface area contributed by atoms with Gasteiger partial charge in [-0.1, -0.05) is 12.1 Å². The number of hydrogen-bond acceptors (Lipinski definition) is 4. The number of rotatable bonds is 3. The second kappa shape index (κ2) is 8.04. The molecule has 9 heteroatoms. The fourth-order valence-electron chi connectivity index (χ4n) is 3.78. The molecule has 0 aromatic heterocycles. The van der Waals surface area contributed by atoms with Crippen molar-refractivity contribution in [3.63, 3.8) is 0 Å². The van der Waals surface area contributed by atoms with Crippen molar-refractivity contribution in [1.82, 2.24) is 4.31 Å². The largest absolute Gasteiger partial charge is 0.310 e. The number of para-hydroxylation sites is 1. The molecular formula is C20H20F2N2O3S2. The minimum Gasteiger partial charge on any atom is -0.310 e. The van der Waals surface area contributed by atoms with E-state index in [0.29, 0.717) is 25.5 Å². The van der Waals surface area contributed by atoms with Gasteiger partial charge >= 0.3 is 0 Å². The monoisotopic (exact) mass is 438 g/mol. The normalized spacial score (nSPS) is 18.5. The smallest absolute Gasteiger partial charge is 0.246 e. The molecule has 2 heterocycles. The van der Waals surface area contributed by atoms with E-state index in [2.05, 4.69) is 0 Å². The van der Waals surface area contributed by atoms with Crippen molar-refractivity contribution >= 4 is 33.4 Å². The molecule has 1 saturated heterocycles. The molecule has 0 bridgehead atoms. The molecule has 1 fully saturated rings. The summed E-state index contributed by atoms with van der Waals surface area (Å²) in [6.45, 7) is 0.811. The molecule has 1 amide bonds. The van der Waals surface area contributed by atoms with Gasteiger partial charge in [0.25, 0.3) is 0 Å². The summed E-state index contributed by atoms with van der Waals surface area (Å²) in [5.41, 5.74) is 0.894. The van der Waals surface area contributed by atoms with Crippen LogP contribution in [0.2, 0.25) is 0 Å². The summed E-state index contributed by atoms with van der Waals surface area (Å²) in [4.78, 5) is 15.3. The van der Waals surface area contributed by atoms with E-state index in [4.69, 9.17) is 0 Å². The third-order valence-corrected chi connectivity index (χ3v) is 8.27. The van der Waals surface area contributed by atoms with Gasteiger partial charge in [-0.05, 0) is 43.2 Å². The SMILES string of the molecule is O=C(C1CCN(S(=O)(=O)c2cc(F)ccc2F)CC1)N1CCSc2ccccc21. The summed E-state index contributed by atoms with van der Waals surface area (Å²) in [5.74, 6) is -1.28. The summed E-state index contributed by atoms with van der Waals surface area (Å²) in [6, 6.07) is 10.1. The fraction of sp³-hybridized carbons (Fsp3) is 0.350. The maximum atomic E-state index is 14.0. The number of piperidine rings is 1. The first kappa shape index (κ1) is 20.3. The van der Waals surface area contributed by atoms with Gasteiger partial charge < -0.3 is 4.90 Å². The number of hydrogen-bond donors (Lipinski definition) is 0. The lowest BCUT2D eigenvalue weighted by Gasteiger charge is -2.35. The molecule has 2 aromatic rings. The van der Waals surface area contributed by atoms with E-state index in [1.165, 1.54) is 0 Å². The van der Waals surface area contributed by atoms with Crippen LogP contribution in [0.5, 0.6) is 0 Å². The average Bonchev–Trinajstić information content (AvgIpc) is 2.74. The highest BCUT2D eigenvalue weighted by Gasteiger charge is 2.36. The zero-order valence-electron chi connectivity index (χ0n) is 15.6. The average molecular weight is 439 g/mol. The van der Waals surface area contributed by atoms with E-state index in [0.717, 1.165) is 32.8 Å². The zero-order chi connectivity index (χ0) is 20.6. The van der Waals surface area contributed by atoms with Gasteiger partial charge in [0.2, 0.25) is 15.9 Å². The predicted molar refractivity (Wildman–Crippen MR) is 107 cm³/mol. The Labute approximate surface area is 172 Å². The van der Waals surface area contributed by atoms with Crippen LogP contribution in [0.3, 0.4) is 0 Å². The number of nitrogens with zero attached hydrogens (tertiary/aromatic N) is 2. The molecule has 2 aliphatic heterocycles. The van der Waals surface area contributed by atoms with Crippen molar-refractivity contribution in [2.24, 2.45) is 5.92 Å². The molecule has 154 valence electrons. The number of carbonyl (C=O) groups excluding carboxylic acids is 1. The maximum Gasteiger partial charge on any atom is 0.246 e. The van der Waals surface area contributed by atoms with Crippen LogP contribution < -0.4 is 4.90 Å². The van der Waals surface area contributed by atoms with Crippen LogP contribution in [0.1, 0.15) is 12.8 Å². The van der Waals surface area contributed by atoms with Gasteiger partial charge in [-0.3, -0.25) is 4.79 Å². The Morgan fingerprint density at radius 3 is 2.52 bits per heavy atom. The minimum absolute atomic E-state index is 0.00765. The quantitative estimate of drug-likeness (QED) is 0.736. The lowest BCUT2D eigenvalue weighted by Crippen LogP contribution is -2.45. The Kier molecular flexibility index (Phi) is 5.63. The highest BCUT2D eigenvalue weighted by molar-refractivity contribution is 7.99. The van der Waals surface area contributed by atoms with Gasteiger partial charge in [-0.15, -0.1) is 11.8 Å². The van der Waals surface area contributed by atoms with E-state index in [-0.39, 0.29) is 24.9 Å². The first-order valence-corrected chi connectivity index (χ1v) is 11.8. The number of thioether (sulfide) groups is 1. The second-order valence-electron chi connectivity index (χ2n) is 7.06. The van der Waals surface area contributed by atoms with Gasteiger partial charge in [0.15, 0.2) is 0 Å². The van der Waals surface area contributed by atoms with Crippen molar-refractivity contribution in [3.05, 3.63) is 54.1 Å². The Morgan fingerprint density at radius 2 is 1.76 bits per heavy atom. The summed E-state index contributed by atoms with van der Waals surface area (Å²) in [7, 11) is -4.15. The maximum absolute atomic E-state index is 14.0. The standard InChI is InChI=1S/C20H20F2N2O3S2/c21-15-5-6-16(22)19(13-15)29(26,27)23-9-7-14(8-10-23)20(25)24-11-12-28-18-4-2-1-3-17(18)24/h1-6,13-14H,7-12H2. The lowest BCUT2D eigenvalue weighted by atomic mass is 9.96. The van der Waals surface area contributed by atoms with Crippen LogP contribution in [-0.4, -0.2) is 44.0 Å². The van der Waals surface area contributed by atoms with E-state index >= 15 is 0 Å². The Bertz CT molecular complexity index is 1040. The number of benzene rings is 2.